The fraction of sp³-hybridized carbons (Fsp3) is 0.300. The van der Waals surface area contributed by atoms with Gasteiger partial charge in [-0.15, -0.1) is 0 Å². The van der Waals surface area contributed by atoms with Crippen molar-refractivity contribution in [1.29, 1.82) is 0 Å². The molecule has 2 aromatic heterocycles. The van der Waals surface area contributed by atoms with Gasteiger partial charge in [-0.2, -0.15) is 0 Å². The third-order valence-corrected chi connectivity index (χ3v) is 4.66. The van der Waals surface area contributed by atoms with Crippen molar-refractivity contribution in [3.8, 4) is 0 Å². The molecule has 0 N–H and O–H groups in total. The molecule has 0 radical (unpaired) electrons. The number of nitrogens with zero attached hydrogens (tertiary/aromatic N) is 1. The van der Waals surface area contributed by atoms with E-state index in [9.17, 15) is 0 Å². The van der Waals surface area contributed by atoms with Gasteiger partial charge in [0, 0.05) is 12.3 Å². The second-order valence-electron chi connectivity index (χ2n) is 4.50. The number of aromatic nitrogens is 1. The van der Waals surface area contributed by atoms with Gasteiger partial charge < -0.3 is 4.42 Å². The van der Waals surface area contributed by atoms with Crippen LogP contribution in [0.3, 0.4) is 0 Å². The molecule has 0 atom stereocenters. The predicted octanol–water partition coefficient (Wildman–Crippen LogP) is 3.68. The summed E-state index contributed by atoms with van der Waals surface area (Å²) in [6.45, 7) is 6.63. The summed E-state index contributed by atoms with van der Waals surface area (Å²) in [6, 6.07) is 1.96. The van der Waals surface area contributed by atoms with Gasteiger partial charge in [-0.1, -0.05) is 42.8 Å². The number of halogens is 2. The van der Waals surface area contributed by atoms with Gasteiger partial charge >= 0.3 is 0 Å². The monoisotopic (exact) mass is 259 g/mol. The van der Waals surface area contributed by atoms with Crippen molar-refractivity contribution in [3.05, 3.63) is 22.3 Å². The lowest BCUT2D eigenvalue weighted by atomic mass is 10.4. The lowest BCUT2D eigenvalue weighted by Crippen LogP contribution is -2.36. The summed E-state index contributed by atoms with van der Waals surface area (Å²) in [5.41, 5.74) is 1.38. The van der Waals surface area contributed by atoms with Crippen LogP contribution in [0.15, 0.2) is 16.7 Å². The third-order valence-electron chi connectivity index (χ3n) is 2.18. The van der Waals surface area contributed by atoms with Gasteiger partial charge in [0.1, 0.15) is 18.6 Å². The van der Waals surface area contributed by atoms with Crippen LogP contribution < -0.4 is 5.38 Å². The zero-order valence-corrected chi connectivity index (χ0v) is 11.3. The third kappa shape index (κ3) is 1.91. The molecule has 0 aliphatic rings. The molecule has 0 unspecified atom stereocenters. The summed E-state index contributed by atoms with van der Waals surface area (Å²) in [7, 11) is -1.47. The number of hydrogen-bond donors (Lipinski definition) is 0. The zero-order valence-electron chi connectivity index (χ0n) is 8.77. The van der Waals surface area contributed by atoms with E-state index in [1.807, 2.05) is 6.07 Å². The van der Waals surface area contributed by atoms with Crippen LogP contribution in [0, 0.1) is 0 Å². The van der Waals surface area contributed by atoms with Gasteiger partial charge in [0.25, 0.3) is 0 Å². The maximum atomic E-state index is 6.04. The van der Waals surface area contributed by atoms with E-state index in [0.29, 0.717) is 15.6 Å². The molecule has 0 amide bonds. The second kappa shape index (κ2) is 3.51. The molecule has 80 valence electrons. The molecule has 15 heavy (non-hydrogen) atoms. The summed E-state index contributed by atoms with van der Waals surface area (Å²) in [5, 5.41) is 1.88. The van der Waals surface area contributed by atoms with E-state index in [-0.39, 0.29) is 0 Å². The minimum atomic E-state index is -1.47. The van der Waals surface area contributed by atoms with Gasteiger partial charge in [0.15, 0.2) is 5.58 Å². The van der Waals surface area contributed by atoms with Gasteiger partial charge in [0.05, 0.1) is 10.4 Å². The molecule has 0 fully saturated rings. The standard InChI is InChI=1S/C10H11Cl2NOSi/c1-15(2,3)8-4-7-10(14-8)9(12)6(11)5-13-7/h4-5H,1-3H3. The summed E-state index contributed by atoms with van der Waals surface area (Å²) in [6.07, 6.45) is 1.55. The lowest BCUT2D eigenvalue weighted by Gasteiger charge is -2.10. The highest BCUT2D eigenvalue weighted by atomic mass is 35.5. The van der Waals surface area contributed by atoms with Gasteiger partial charge in [0.2, 0.25) is 0 Å². The molecule has 2 heterocycles. The van der Waals surface area contributed by atoms with Crippen LogP contribution in [0.1, 0.15) is 0 Å². The van der Waals surface area contributed by atoms with Crippen molar-refractivity contribution in [1.82, 2.24) is 4.98 Å². The number of hydrogen-bond acceptors (Lipinski definition) is 2. The Bertz CT molecular complexity index is 516. The maximum absolute atomic E-state index is 6.04. The average molecular weight is 260 g/mol. The molecular formula is C10H11Cl2NOSi. The molecule has 2 rings (SSSR count). The van der Waals surface area contributed by atoms with E-state index in [0.717, 1.165) is 10.9 Å². The Morgan fingerprint density at radius 2 is 1.93 bits per heavy atom. The van der Waals surface area contributed by atoms with E-state index in [1.54, 1.807) is 6.20 Å². The van der Waals surface area contributed by atoms with Crippen LogP contribution in [0.5, 0.6) is 0 Å². The first kappa shape index (κ1) is 11.0. The average Bonchev–Trinajstić information content (AvgIpc) is 2.55. The number of fused-ring (bicyclic) bond motifs is 1. The van der Waals surface area contributed by atoms with Crippen molar-refractivity contribution >= 4 is 47.8 Å². The summed E-state index contributed by atoms with van der Waals surface area (Å²) >= 11 is 11.9. The number of rotatable bonds is 1. The minimum Gasteiger partial charge on any atom is -0.463 e. The van der Waals surface area contributed by atoms with Crippen LogP contribution in [0.4, 0.5) is 0 Å². The highest BCUT2D eigenvalue weighted by Gasteiger charge is 2.23. The summed E-state index contributed by atoms with van der Waals surface area (Å²) in [4.78, 5) is 4.19. The van der Waals surface area contributed by atoms with E-state index in [1.165, 1.54) is 0 Å². The van der Waals surface area contributed by atoms with Crippen molar-refractivity contribution < 1.29 is 4.42 Å². The first-order valence-electron chi connectivity index (χ1n) is 4.63. The highest BCUT2D eigenvalue weighted by molar-refractivity contribution is 6.87. The Morgan fingerprint density at radius 1 is 1.27 bits per heavy atom. The normalized spacial score (nSPS) is 12.3. The Balaban J connectivity index is 2.72. The highest BCUT2D eigenvalue weighted by Crippen LogP contribution is 2.29. The van der Waals surface area contributed by atoms with Crippen molar-refractivity contribution in [2.45, 2.75) is 19.6 Å². The smallest absolute Gasteiger partial charge is 0.172 e. The van der Waals surface area contributed by atoms with Crippen LogP contribution in [0.25, 0.3) is 11.1 Å². The van der Waals surface area contributed by atoms with E-state index in [4.69, 9.17) is 27.6 Å². The summed E-state index contributed by atoms with van der Waals surface area (Å²) in [5.74, 6) is 0. The van der Waals surface area contributed by atoms with Crippen LogP contribution >= 0.6 is 23.2 Å². The molecule has 2 aromatic rings. The van der Waals surface area contributed by atoms with Crippen molar-refractivity contribution in [2.24, 2.45) is 0 Å². The molecule has 5 heteroatoms. The Kier molecular flexibility index (Phi) is 2.57. The lowest BCUT2D eigenvalue weighted by molar-refractivity contribution is 0.648. The van der Waals surface area contributed by atoms with E-state index < -0.39 is 8.07 Å². The molecular weight excluding hydrogens is 249 g/mol. The zero-order chi connectivity index (χ0) is 11.2. The molecule has 0 saturated heterocycles. The van der Waals surface area contributed by atoms with Gasteiger partial charge in [-0.05, 0) is 0 Å². The molecule has 0 saturated carbocycles. The second-order valence-corrected chi connectivity index (χ2v) is 10.3. The van der Waals surface area contributed by atoms with E-state index in [2.05, 4.69) is 24.6 Å². The van der Waals surface area contributed by atoms with Crippen molar-refractivity contribution in [3.63, 3.8) is 0 Å². The van der Waals surface area contributed by atoms with E-state index >= 15 is 0 Å². The number of furan rings is 1. The molecule has 0 aliphatic heterocycles. The predicted molar refractivity (Wildman–Crippen MR) is 67.0 cm³/mol. The van der Waals surface area contributed by atoms with Crippen LogP contribution in [-0.4, -0.2) is 13.1 Å². The fourth-order valence-corrected chi connectivity index (χ4v) is 2.59. The summed E-state index contributed by atoms with van der Waals surface area (Å²) < 4.78 is 5.73. The van der Waals surface area contributed by atoms with Crippen LogP contribution in [0.2, 0.25) is 29.7 Å². The Hall–Kier alpha value is -0.513. The maximum Gasteiger partial charge on any atom is 0.172 e. The Morgan fingerprint density at radius 3 is 2.53 bits per heavy atom. The first-order valence-corrected chi connectivity index (χ1v) is 8.89. The van der Waals surface area contributed by atoms with Crippen molar-refractivity contribution in [2.75, 3.05) is 0 Å². The fourth-order valence-electron chi connectivity index (χ4n) is 1.30. The molecule has 0 aromatic carbocycles. The molecule has 2 nitrogen and oxygen atoms in total. The first-order chi connectivity index (χ1) is 6.89. The SMILES string of the molecule is C[Si](C)(C)c1cc2ncc(Cl)c(Cl)c2o1. The quantitative estimate of drug-likeness (QED) is 0.731. The largest absolute Gasteiger partial charge is 0.463 e. The number of pyridine rings is 1. The van der Waals surface area contributed by atoms with Crippen LogP contribution in [-0.2, 0) is 0 Å². The Labute approximate surface area is 99.2 Å². The molecule has 0 aliphatic carbocycles. The molecule has 0 bridgehead atoms. The topological polar surface area (TPSA) is 26.0 Å². The van der Waals surface area contributed by atoms with Gasteiger partial charge in [-0.3, -0.25) is 4.98 Å². The van der Waals surface area contributed by atoms with Gasteiger partial charge in [-0.25, -0.2) is 0 Å². The molecule has 0 spiro atoms. The minimum absolute atomic E-state index is 0.431.